The third kappa shape index (κ3) is 4.57. The summed E-state index contributed by atoms with van der Waals surface area (Å²) in [5.74, 6) is -1.39. The Hall–Kier alpha value is -2.65. The molecule has 0 saturated carbocycles. The van der Waals surface area contributed by atoms with E-state index < -0.39 is 23.6 Å². The van der Waals surface area contributed by atoms with Crippen LogP contribution in [0.4, 0.5) is 13.2 Å². The predicted molar refractivity (Wildman–Crippen MR) is 108 cm³/mol. The lowest BCUT2D eigenvalue weighted by Gasteiger charge is -2.08. The molecule has 1 heterocycles. The number of aryl methyl sites for hydroxylation is 1. The number of carbonyl (C=O) groups excluding carboxylic acids is 2. The number of hydrogen-bond donors (Lipinski definition) is 0. The number of carbonyl (C=O) groups is 2. The first-order valence-corrected chi connectivity index (χ1v) is 10.0. The van der Waals surface area contributed by atoms with E-state index in [4.69, 9.17) is 16.3 Å². The summed E-state index contributed by atoms with van der Waals surface area (Å²) in [7, 11) is 0. The van der Waals surface area contributed by atoms with Crippen LogP contribution in [0.5, 0.6) is 0 Å². The SMILES string of the molecule is CCOC(=O)Cn1c(=NC(=O)c2cccc(C(F)(F)F)c2)sc2ccc(Cl)c(C)c21. The van der Waals surface area contributed by atoms with Crippen molar-refractivity contribution in [2.24, 2.45) is 4.99 Å². The number of benzene rings is 2. The molecule has 0 spiro atoms. The zero-order valence-corrected chi connectivity index (χ0v) is 17.5. The van der Waals surface area contributed by atoms with E-state index in [1.165, 1.54) is 10.6 Å². The van der Waals surface area contributed by atoms with Crippen LogP contribution in [-0.2, 0) is 22.3 Å². The second kappa shape index (κ2) is 8.61. The van der Waals surface area contributed by atoms with Gasteiger partial charge < -0.3 is 9.30 Å². The fourth-order valence-corrected chi connectivity index (χ4v) is 4.10. The van der Waals surface area contributed by atoms with Crippen LogP contribution < -0.4 is 4.80 Å². The van der Waals surface area contributed by atoms with E-state index in [9.17, 15) is 22.8 Å². The van der Waals surface area contributed by atoms with Crippen LogP contribution in [0.15, 0.2) is 41.4 Å². The van der Waals surface area contributed by atoms with E-state index in [2.05, 4.69) is 4.99 Å². The van der Waals surface area contributed by atoms with E-state index in [-0.39, 0.29) is 23.5 Å². The molecule has 0 aliphatic carbocycles. The topological polar surface area (TPSA) is 60.7 Å². The largest absolute Gasteiger partial charge is 0.465 e. The molecule has 10 heteroatoms. The van der Waals surface area contributed by atoms with Gasteiger partial charge in [0.1, 0.15) is 6.54 Å². The number of halogens is 4. The van der Waals surface area contributed by atoms with Gasteiger partial charge in [0.15, 0.2) is 4.80 Å². The van der Waals surface area contributed by atoms with E-state index in [0.29, 0.717) is 16.1 Å². The molecule has 0 aliphatic rings. The Morgan fingerprint density at radius 2 is 1.97 bits per heavy atom. The highest BCUT2D eigenvalue weighted by molar-refractivity contribution is 7.16. The van der Waals surface area contributed by atoms with E-state index in [1.54, 1.807) is 26.0 Å². The van der Waals surface area contributed by atoms with Gasteiger partial charge in [0.2, 0.25) is 0 Å². The highest BCUT2D eigenvalue weighted by Crippen LogP contribution is 2.30. The standard InChI is InChI=1S/C20H16ClF3N2O3S/c1-3-29-16(27)10-26-17-11(2)14(21)7-8-15(17)30-19(26)25-18(28)12-5-4-6-13(9-12)20(22,23)24/h4-9H,3,10H2,1-2H3. The number of fused-ring (bicyclic) bond motifs is 1. The molecular formula is C20H16ClF3N2O3S. The van der Waals surface area contributed by atoms with Gasteiger partial charge in [-0.15, -0.1) is 0 Å². The Morgan fingerprint density at radius 3 is 2.63 bits per heavy atom. The molecule has 0 unspecified atom stereocenters. The lowest BCUT2D eigenvalue weighted by atomic mass is 10.1. The molecule has 0 fully saturated rings. The summed E-state index contributed by atoms with van der Waals surface area (Å²) in [4.78, 5) is 28.8. The first kappa shape index (κ1) is 22.0. The van der Waals surface area contributed by atoms with Gasteiger partial charge in [-0.2, -0.15) is 18.2 Å². The maximum absolute atomic E-state index is 13.0. The maximum Gasteiger partial charge on any atom is 0.416 e. The second-order valence-electron chi connectivity index (χ2n) is 6.29. The third-order valence-electron chi connectivity index (χ3n) is 4.26. The second-order valence-corrected chi connectivity index (χ2v) is 7.71. The smallest absolute Gasteiger partial charge is 0.416 e. The van der Waals surface area contributed by atoms with Crippen LogP contribution in [0.25, 0.3) is 10.2 Å². The predicted octanol–water partition coefficient (Wildman–Crippen LogP) is 4.99. The molecule has 0 bridgehead atoms. The number of esters is 1. The number of hydrogen-bond acceptors (Lipinski definition) is 4. The average Bonchev–Trinajstić information content (AvgIpc) is 3.02. The Kier molecular flexibility index (Phi) is 6.33. The van der Waals surface area contributed by atoms with Crippen molar-refractivity contribution >= 4 is 45.0 Å². The molecule has 30 heavy (non-hydrogen) atoms. The minimum atomic E-state index is -4.58. The lowest BCUT2D eigenvalue weighted by Crippen LogP contribution is -2.23. The molecule has 0 saturated heterocycles. The fourth-order valence-electron chi connectivity index (χ4n) is 2.86. The zero-order chi connectivity index (χ0) is 22.1. The minimum absolute atomic E-state index is 0.158. The molecule has 0 radical (unpaired) electrons. The summed E-state index contributed by atoms with van der Waals surface area (Å²) in [6.07, 6.45) is -4.58. The molecule has 0 N–H and O–H groups in total. The highest BCUT2D eigenvalue weighted by atomic mass is 35.5. The van der Waals surface area contributed by atoms with Gasteiger partial charge in [0, 0.05) is 10.6 Å². The monoisotopic (exact) mass is 456 g/mol. The van der Waals surface area contributed by atoms with Crippen LogP contribution in [0, 0.1) is 6.92 Å². The fraction of sp³-hybridized carbons (Fsp3) is 0.250. The molecule has 0 atom stereocenters. The normalized spacial score (nSPS) is 12.4. The number of rotatable bonds is 4. The molecule has 5 nitrogen and oxygen atoms in total. The molecule has 3 rings (SSSR count). The minimum Gasteiger partial charge on any atom is -0.465 e. The Bertz CT molecular complexity index is 1200. The van der Waals surface area contributed by atoms with Crippen LogP contribution in [0.2, 0.25) is 5.02 Å². The van der Waals surface area contributed by atoms with Crippen LogP contribution in [0.3, 0.4) is 0 Å². The van der Waals surface area contributed by atoms with Crippen LogP contribution in [-0.4, -0.2) is 23.1 Å². The van der Waals surface area contributed by atoms with E-state index in [0.717, 1.165) is 34.2 Å². The van der Waals surface area contributed by atoms with E-state index >= 15 is 0 Å². The summed E-state index contributed by atoms with van der Waals surface area (Å²) in [5, 5.41) is 0.466. The maximum atomic E-state index is 13.0. The van der Waals surface area contributed by atoms with Crippen molar-refractivity contribution in [1.82, 2.24) is 4.57 Å². The third-order valence-corrected chi connectivity index (χ3v) is 5.71. The van der Waals surface area contributed by atoms with Crippen LogP contribution in [0.1, 0.15) is 28.4 Å². The quantitative estimate of drug-likeness (QED) is 0.520. The summed E-state index contributed by atoms with van der Waals surface area (Å²) < 4.78 is 46.1. The summed E-state index contributed by atoms with van der Waals surface area (Å²) >= 11 is 7.33. The van der Waals surface area contributed by atoms with Gasteiger partial charge in [-0.3, -0.25) is 9.59 Å². The van der Waals surface area contributed by atoms with Gasteiger partial charge in [-0.05, 0) is 49.7 Å². The Balaban J connectivity index is 2.15. The number of amides is 1. The number of aromatic nitrogens is 1. The van der Waals surface area contributed by atoms with Crippen molar-refractivity contribution in [3.05, 3.63) is 62.9 Å². The lowest BCUT2D eigenvalue weighted by molar-refractivity contribution is -0.143. The summed E-state index contributed by atoms with van der Waals surface area (Å²) in [5.41, 5.74) is 0.139. The number of alkyl halides is 3. The van der Waals surface area contributed by atoms with Crippen molar-refractivity contribution in [1.29, 1.82) is 0 Å². The van der Waals surface area contributed by atoms with Gasteiger partial charge in [-0.1, -0.05) is 29.0 Å². The van der Waals surface area contributed by atoms with Crippen molar-refractivity contribution in [2.75, 3.05) is 6.61 Å². The summed E-state index contributed by atoms with van der Waals surface area (Å²) in [6.45, 7) is 3.39. The van der Waals surface area contributed by atoms with Gasteiger partial charge in [0.25, 0.3) is 5.91 Å². The van der Waals surface area contributed by atoms with E-state index in [1.807, 2.05) is 0 Å². The Morgan fingerprint density at radius 1 is 1.23 bits per heavy atom. The van der Waals surface area contributed by atoms with Crippen molar-refractivity contribution in [2.45, 2.75) is 26.6 Å². The molecule has 0 aliphatic heterocycles. The first-order valence-electron chi connectivity index (χ1n) is 8.82. The molecular weight excluding hydrogens is 441 g/mol. The first-order chi connectivity index (χ1) is 14.1. The van der Waals surface area contributed by atoms with Gasteiger partial charge in [-0.25, -0.2) is 0 Å². The molecule has 2 aromatic carbocycles. The van der Waals surface area contributed by atoms with Crippen LogP contribution >= 0.6 is 22.9 Å². The molecule has 3 aromatic rings. The number of ether oxygens (including phenoxy) is 1. The average molecular weight is 457 g/mol. The summed E-state index contributed by atoms with van der Waals surface area (Å²) in [6, 6.07) is 7.44. The van der Waals surface area contributed by atoms with Gasteiger partial charge in [0.05, 0.1) is 22.4 Å². The molecule has 1 amide bonds. The highest BCUT2D eigenvalue weighted by Gasteiger charge is 2.31. The Labute approximate surface area is 178 Å². The zero-order valence-electron chi connectivity index (χ0n) is 15.9. The van der Waals surface area contributed by atoms with Gasteiger partial charge >= 0.3 is 12.1 Å². The molecule has 1 aromatic heterocycles. The van der Waals surface area contributed by atoms with Crippen molar-refractivity contribution in [3.63, 3.8) is 0 Å². The number of thiazole rings is 1. The van der Waals surface area contributed by atoms with Crippen molar-refractivity contribution in [3.8, 4) is 0 Å². The van der Waals surface area contributed by atoms with Crippen molar-refractivity contribution < 1.29 is 27.5 Å². The number of nitrogens with zero attached hydrogens (tertiary/aromatic N) is 2. The molecule has 158 valence electrons.